The molecule has 168 valence electrons. The van der Waals surface area contributed by atoms with Gasteiger partial charge >= 0.3 is 0 Å². The van der Waals surface area contributed by atoms with Crippen LogP contribution in [0.5, 0.6) is 0 Å². The molecule has 0 heterocycles. The minimum atomic E-state index is 0.707. The molecule has 0 aliphatic carbocycles. The van der Waals surface area contributed by atoms with E-state index in [1.807, 2.05) is 24.3 Å². The van der Waals surface area contributed by atoms with Crippen molar-refractivity contribution in [1.29, 1.82) is 0 Å². The first-order valence-electron chi connectivity index (χ1n) is 12.0. The molecule has 0 N–H and O–H groups in total. The summed E-state index contributed by atoms with van der Waals surface area (Å²) in [5.41, 5.74) is 4.10. The number of benzene rings is 6. The number of carbonyl (C=O) groups is 2. The van der Waals surface area contributed by atoms with Gasteiger partial charge in [-0.3, -0.25) is 9.59 Å². The highest BCUT2D eigenvalue weighted by atomic mass is 16.1. The van der Waals surface area contributed by atoms with Crippen LogP contribution >= 0.6 is 0 Å². The highest BCUT2D eigenvalue weighted by molar-refractivity contribution is 6.11. The fraction of sp³-hybridized carbons (Fsp3) is 0.0909. The fourth-order valence-electron chi connectivity index (χ4n) is 5.42. The predicted octanol–water partition coefficient (Wildman–Crippen LogP) is 8.10. The minimum Gasteiger partial charge on any atom is -0.298 e. The number of aryl methyl sites for hydroxylation is 2. The third-order valence-electron chi connectivity index (χ3n) is 7.10. The Morgan fingerprint density at radius 1 is 0.457 bits per heavy atom. The Hall–Kier alpha value is -4.30. The van der Waals surface area contributed by atoms with E-state index < -0.39 is 0 Å². The molecule has 0 saturated carbocycles. The molecule has 0 aromatic heterocycles. The monoisotopic (exact) mass is 452 g/mol. The second-order valence-corrected chi connectivity index (χ2v) is 9.21. The molecule has 6 rings (SSSR count). The summed E-state index contributed by atoms with van der Waals surface area (Å²) in [6, 6.07) is 33.4. The molecule has 0 spiro atoms. The van der Waals surface area contributed by atoms with E-state index in [-0.39, 0.29) is 0 Å². The summed E-state index contributed by atoms with van der Waals surface area (Å²) in [7, 11) is 0. The van der Waals surface area contributed by atoms with Gasteiger partial charge in [0.05, 0.1) is 0 Å². The zero-order chi connectivity index (χ0) is 23.8. The number of fused-ring (bicyclic) bond motifs is 6. The summed E-state index contributed by atoms with van der Waals surface area (Å²) in [6.45, 7) is 0. The molecule has 0 radical (unpaired) electrons. The number of rotatable bonds is 6. The van der Waals surface area contributed by atoms with Gasteiger partial charge in [0, 0.05) is 11.1 Å². The van der Waals surface area contributed by atoms with Crippen molar-refractivity contribution < 1.29 is 9.59 Å². The molecule has 0 atom stereocenters. The van der Waals surface area contributed by atoms with Gasteiger partial charge in [-0.2, -0.15) is 0 Å². The number of aldehydes is 2. The molecule has 0 unspecified atom stereocenters. The SMILES string of the molecule is O=Cc1ccc2cc(CCCc3cc4ccc(C=O)cc4c4ccccc34)c3ccccc3c2c1. The molecular weight excluding hydrogens is 428 g/mol. The Kier molecular flexibility index (Phi) is 5.35. The fourth-order valence-corrected chi connectivity index (χ4v) is 5.42. The quantitative estimate of drug-likeness (QED) is 0.189. The number of hydrogen-bond acceptors (Lipinski definition) is 2. The molecule has 0 amide bonds. The Balaban J connectivity index is 1.37. The lowest BCUT2D eigenvalue weighted by Gasteiger charge is -2.13. The van der Waals surface area contributed by atoms with E-state index in [0.717, 1.165) is 42.6 Å². The maximum absolute atomic E-state index is 11.3. The van der Waals surface area contributed by atoms with Crippen LogP contribution in [0.3, 0.4) is 0 Å². The van der Waals surface area contributed by atoms with Crippen molar-refractivity contribution in [2.24, 2.45) is 0 Å². The molecule has 6 aromatic rings. The van der Waals surface area contributed by atoms with Gasteiger partial charge in [0.15, 0.2) is 0 Å². The smallest absolute Gasteiger partial charge is 0.150 e. The maximum Gasteiger partial charge on any atom is 0.150 e. The first kappa shape index (κ1) is 21.2. The Morgan fingerprint density at radius 3 is 1.31 bits per heavy atom. The van der Waals surface area contributed by atoms with Crippen LogP contribution in [-0.2, 0) is 12.8 Å². The molecular formula is C33H24O2. The average Bonchev–Trinajstić information content (AvgIpc) is 2.92. The third-order valence-corrected chi connectivity index (χ3v) is 7.10. The van der Waals surface area contributed by atoms with Crippen molar-refractivity contribution in [3.8, 4) is 0 Å². The molecule has 35 heavy (non-hydrogen) atoms. The maximum atomic E-state index is 11.3. The van der Waals surface area contributed by atoms with Crippen LogP contribution in [0.1, 0.15) is 38.3 Å². The first-order valence-corrected chi connectivity index (χ1v) is 12.0. The van der Waals surface area contributed by atoms with Crippen molar-refractivity contribution in [2.45, 2.75) is 19.3 Å². The summed E-state index contributed by atoms with van der Waals surface area (Å²) in [4.78, 5) is 22.6. The van der Waals surface area contributed by atoms with E-state index in [1.165, 1.54) is 43.4 Å². The van der Waals surface area contributed by atoms with Crippen LogP contribution in [0.4, 0.5) is 0 Å². The van der Waals surface area contributed by atoms with E-state index in [9.17, 15) is 9.59 Å². The van der Waals surface area contributed by atoms with Gasteiger partial charge in [-0.25, -0.2) is 0 Å². The van der Waals surface area contributed by atoms with Gasteiger partial charge in [0.1, 0.15) is 12.6 Å². The molecule has 0 aliphatic heterocycles. The van der Waals surface area contributed by atoms with Gasteiger partial charge in [-0.05, 0) is 85.6 Å². The number of carbonyl (C=O) groups excluding carboxylic acids is 2. The van der Waals surface area contributed by atoms with Crippen LogP contribution < -0.4 is 0 Å². The summed E-state index contributed by atoms with van der Waals surface area (Å²) in [5.74, 6) is 0. The second kappa shape index (κ2) is 8.81. The largest absolute Gasteiger partial charge is 0.298 e. The molecule has 0 bridgehead atoms. The van der Waals surface area contributed by atoms with E-state index in [2.05, 4.69) is 72.8 Å². The Labute approximate surface area is 203 Å². The zero-order valence-electron chi connectivity index (χ0n) is 19.3. The minimum absolute atomic E-state index is 0.707. The normalized spacial score (nSPS) is 11.4. The van der Waals surface area contributed by atoms with Gasteiger partial charge in [0.2, 0.25) is 0 Å². The standard InChI is InChI=1S/C33H24O2/c34-20-22-12-14-26-18-24(28-8-1-3-10-30(28)32(26)16-22)6-5-7-25-19-27-15-13-23(21-35)17-33(27)31-11-4-2-9-29(25)31/h1-4,8-21H,5-7H2. The molecule has 2 nitrogen and oxygen atoms in total. The van der Waals surface area contributed by atoms with Crippen molar-refractivity contribution in [2.75, 3.05) is 0 Å². The molecule has 0 aliphatic rings. The molecule has 0 saturated heterocycles. The lowest BCUT2D eigenvalue weighted by Crippen LogP contribution is -1.95. The van der Waals surface area contributed by atoms with Crippen LogP contribution in [0.2, 0.25) is 0 Å². The van der Waals surface area contributed by atoms with Crippen LogP contribution in [0.25, 0.3) is 43.1 Å². The summed E-state index contributed by atoms with van der Waals surface area (Å²) in [6.07, 6.45) is 4.81. The van der Waals surface area contributed by atoms with Crippen molar-refractivity contribution in [3.05, 3.63) is 119 Å². The topological polar surface area (TPSA) is 34.1 Å². The van der Waals surface area contributed by atoms with Crippen LogP contribution in [0.15, 0.2) is 97.1 Å². The Bertz CT molecular complexity index is 1630. The van der Waals surface area contributed by atoms with E-state index >= 15 is 0 Å². The second-order valence-electron chi connectivity index (χ2n) is 9.21. The van der Waals surface area contributed by atoms with Crippen molar-refractivity contribution in [3.63, 3.8) is 0 Å². The van der Waals surface area contributed by atoms with Gasteiger partial charge < -0.3 is 0 Å². The predicted molar refractivity (Wildman–Crippen MR) is 146 cm³/mol. The average molecular weight is 453 g/mol. The first-order chi connectivity index (χ1) is 17.2. The van der Waals surface area contributed by atoms with E-state index in [0.29, 0.717) is 11.1 Å². The molecule has 6 aromatic carbocycles. The number of hydrogen-bond donors (Lipinski definition) is 0. The van der Waals surface area contributed by atoms with Crippen LogP contribution in [0, 0.1) is 0 Å². The zero-order valence-corrected chi connectivity index (χ0v) is 19.3. The van der Waals surface area contributed by atoms with Crippen molar-refractivity contribution >= 4 is 55.7 Å². The highest BCUT2D eigenvalue weighted by Crippen LogP contribution is 2.32. The van der Waals surface area contributed by atoms with Crippen LogP contribution in [-0.4, -0.2) is 12.6 Å². The van der Waals surface area contributed by atoms with E-state index in [4.69, 9.17) is 0 Å². The summed E-state index contributed by atoms with van der Waals surface area (Å²) < 4.78 is 0. The molecule has 2 heteroatoms. The lowest BCUT2D eigenvalue weighted by atomic mass is 9.91. The lowest BCUT2D eigenvalue weighted by molar-refractivity contribution is 0.111. The highest BCUT2D eigenvalue weighted by Gasteiger charge is 2.10. The summed E-state index contributed by atoms with van der Waals surface area (Å²) in [5, 5.41) is 9.52. The Morgan fingerprint density at radius 2 is 0.886 bits per heavy atom. The van der Waals surface area contributed by atoms with E-state index in [1.54, 1.807) is 0 Å². The van der Waals surface area contributed by atoms with Gasteiger partial charge in [-0.15, -0.1) is 0 Å². The van der Waals surface area contributed by atoms with Gasteiger partial charge in [-0.1, -0.05) is 84.9 Å². The molecule has 0 fully saturated rings. The van der Waals surface area contributed by atoms with Gasteiger partial charge in [0.25, 0.3) is 0 Å². The third kappa shape index (κ3) is 3.77. The summed E-state index contributed by atoms with van der Waals surface area (Å²) >= 11 is 0. The van der Waals surface area contributed by atoms with Crippen molar-refractivity contribution in [1.82, 2.24) is 0 Å².